The van der Waals surface area contributed by atoms with Gasteiger partial charge < -0.3 is 16.8 Å². The van der Waals surface area contributed by atoms with Gasteiger partial charge in [-0.25, -0.2) is 0 Å². The second-order valence-electron chi connectivity index (χ2n) is 2.81. The summed E-state index contributed by atoms with van der Waals surface area (Å²) >= 11 is -2.85. The Morgan fingerprint density at radius 2 is 1.50 bits per heavy atom. The molecule has 0 spiro atoms. The van der Waals surface area contributed by atoms with Crippen molar-refractivity contribution in [2.24, 2.45) is 5.92 Å². The van der Waals surface area contributed by atoms with Gasteiger partial charge in [-0.15, -0.1) is 0 Å². The van der Waals surface area contributed by atoms with Crippen molar-refractivity contribution in [3.8, 4) is 0 Å². The Bertz CT molecular complexity index is 268. The van der Waals surface area contributed by atoms with E-state index in [0.29, 0.717) is 0 Å². The summed E-state index contributed by atoms with van der Waals surface area (Å²) in [6, 6.07) is 0. The summed E-state index contributed by atoms with van der Waals surface area (Å²) in [6.45, 7) is 0. The minimum Gasteiger partial charge on any atom is -0.551 e. The van der Waals surface area contributed by atoms with E-state index in [4.69, 9.17) is 0 Å². The Hall–Kier alpha value is -1.10. The van der Waals surface area contributed by atoms with Crippen LogP contribution in [0.1, 0.15) is 12.8 Å². The van der Waals surface area contributed by atoms with E-state index in [1.807, 2.05) is 0 Å². The first kappa shape index (κ1) is 11.0. The van der Waals surface area contributed by atoms with Crippen molar-refractivity contribution >= 4 is 33.1 Å². The standard InChI is InChI=1S/C6H8O6.Al.H2O/c7-4(8)1-3(6(11)12)2-5(9)10;;/h3H,1-2H2,(H,7,8)(H,9,10)(H,11,12);;1H2/q;+3;/p-3. The Morgan fingerprint density at radius 1 is 1.00 bits per heavy atom. The second kappa shape index (κ2) is 3.96. The largest absolute Gasteiger partial charge is 1.20 e. The molecule has 14 heavy (non-hydrogen) atoms. The van der Waals surface area contributed by atoms with Crippen molar-refractivity contribution in [2.45, 2.75) is 12.8 Å². The van der Waals surface area contributed by atoms with Crippen LogP contribution in [0.15, 0.2) is 0 Å². The van der Waals surface area contributed by atoms with Crippen molar-refractivity contribution in [1.82, 2.24) is 0 Å². The van der Waals surface area contributed by atoms with Crippen LogP contribution in [-0.2, 0) is 25.7 Å². The van der Waals surface area contributed by atoms with Gasteiger partial charge in [0, 0.05) is 0 Å². The van der Waals surface area contributed by atoms with Crippen molar-refractivity contribution < 1.29 is 31.2 Å². The second-order valence-corrected chi connectivity index (χ2v) is 4.09. The van der Waals surface area contributed by atoms with Crippen LogP contribution in [0, 0.1) is 5.92 Å². The van der Waals surface area contributed by atoms with E-state index in [2.05, 4.69) is 11.4 Å². The zero-order valence-corrected chi connectivity index (χ0v) is 8.17. The highest BCUT2D eigenvalue weighted by Gasteiger charge is 2.55. The first-order valence-corrected chi connectivity index (χ1v) is 5.16. The lowest BCUT2D eigenvalue weighted by molar-refractivity contribution is -0.145. The van der Waals surface area contributed by atoms with Gasteiger partial charge in [-0.2, -0.15) is 0 Å². The van der Waals surface area contributed by atoms with E-state index in [9.17, 15) is 14.4 Å². The van der Waals surface area contributed by atoms with Gasteiger partial charge in [0.2, 0.25) is 0 Å². The highest BCUT2D eigenvalue weighted by Crippen LogP contribution is 2.22. The molecular formula is C6H7AlO7. The van der Waals surface area contributed by atoms with Crippen LogP contribution in [0.25, 0.3) is 0 Å². The molecule has 2 rings (SSSR count). The number of hydrogen-bond donors (Lipinski definition) is 0. The first-order chi connectivity index (χ1) is 6.15. The number of hydrogen-bond acceptors (Lipinski definition) is 6. The first-order valence-electron chi connectivity index (χ1n) is 3.74. The molecule has 0 atom stereocenters. The van der Waals surface area contributed by atoms with Gasteiger partial charge in [-0.3, -0.25) is 14.4 Å². The normalized spacial score (nSPS) is 21.4. The average molecular weight is 218 g/mol. The van der Waals surface area contributed by atoms with Gasteiger partial charge in [0.15, 0.2) is 0 Å². The predicted octanol–water partition coefficient (Wildman–Crippen LogP) is -1.80. The molecule has 0 saturated carbocycles. The molecule has 8 heteroatoms. The summed E-state index contributed by atoms with van der Waals surface area (Å²) in [6.07, 6.45) is -0.172. The quantitative estimate of drug-likeness (QED) is 0.443. The molecule has 76 valence electrons. The molecule has 2 aliphatic heterocycles. The van der Waals surface area contributed by atoms with Gasteiger partial charge in [0.05, 0.1) is 18.8 Å². The van der Waals surface area contributed by atoms with E-state index >= 15 is 0 Å². The molecule has 0 aliphatic carbocycles. The van der Waals surface area contributed by atoms with Gasteiger partial charge in [-0.1, -0.05) is 0 Å². The van der Waals surface area contributed by atoms with Crippen molar-refractivity contribution in [2.75, 3.05) is 0 Å². The summed E-state index contributed by atoms with van der Waals surface area (Å²) in [4.78, 5) is 33.0. The van der Waals surface area contributed by atoms with E-state index in [1.54, 1.807) is 0 Å². The van der Waals surface area contributed by atoms with E-state index < -0.39 is 39.0 Å². The zero-order valence-electron chi connectivity index (χ0n) is 7.02. The summed E-state index contributed by atoms with van der Waals surface area (Å²) < 4.78 is 14.0. The van der Waals surface area contributed by atoms with Gasteiger partial charge in [0.1, 0.15) is 0 Å². The molecule has 2 N–H and O–H groups in total. The van der Waals surface area contributed by atoms with Gasteiger partial charge in [-0.05, 0) is 0 Å². The lowest BCUT2D eigenvalue weighted by atomic mass is 10.0. The van der Waals surface area contributed by atoms with Crippen LogP contribution < -0.4 is 0 Å². The molecule has 2 fully saturated rings. The Kier molecular flexibility index (Phi) is 3.11. The fourth-order valence-corrected chi connectivity index (χ4v) is 2.36. The van der Waals surface area contributed by atoms with Crippen LogP contribution in [0.4, 0.5) is 0 Å². The predicted molar refractivity (Wildman–Crippen MR) is 40.4 cm³/mol. The van der Waals surface area contributed by atoms with E-state index in [1.165, 1.54) is 0 Å². The van der Waals surface area contributed by atoms with Crippen LogP contribution in [0.3, 0.4) is 0 Å². The Morgan fingerprint density at radius 3 is 2.00 bits per heavy atom. The van der Waals surface area contributed by atoms with Crippen LogP contribution >= 0.6 is 0 Å². The minimum absolute atomic E-state index is 0. The van der Waals surface area contributed by atoms with Gasteiger partial charge in [0.25, 0.3) is 17.9 Å². The summed E-state index contributed by atoms with van der Waals surface area (Å²) in [5.74, 6) is -2.34. The van der Waals surface area contributed by atoms with Crippen LogP contribution in [0.5, 0.6) is 0 Å². The summed E-state index contributed by atoms with van der Waals surface area (Å²) in [5, 5.41) is 0. The zero-order chi connectivity index (χ0) is 9.42. The van der Waals surface area contributed by atoms with Crippen molar-refractivity contribution in [3.63, 3.8) is 0 Å². The average Bonchev–Trinajstić information content (AvgIpc) is 2.16. The third-order valence-electron chi connectivity index (χ3n) is 1.83. The maximum absolute atomic E-state index is 11.1. The van der Waals surface area contributed by atoms with E-state index in [-0.39, 0.29) is 18.3 Å². The molecule has 0 aromatic carbocycles. The fourth-order valence-electron chi connectivity index (χ4n) is 1.22. The fraction of sp³-hybridized carbons (Fsp3) is 0.500. The maximum atomic E-state index is 11.1. The van der Waals surface area contributed by atoms with Gasteiger partial charge >= 0.3 is 15.1 Å². The molecule has 0 aromatic heterocycles. The maximum Gasteiger partial charge on any atom is 1.20 e. The third-order valence-corrected chi connectivity index (χ3v) is 3.16. The third kappa shape index (κ3) is 2.04. The molecule has 2 bridgehead atoms. The number of rotatable bonds is 0. The molecule has 7 nitrogen and oxygen atoms in total. The summed E-state index contributed by atoms with van der Waals surface area (Å²) in [5.41, 5.74) is 0. The molecular weight excluding hydrogens is 211 g/mol. The lowest BCUT2D eigenvalue weighted by Gasteiger charge is -2.10. The Labute approximate surface area is 83.6 Å². The minimum atomic E-state index is -2.85. The Balaban J connectivity index is 0.000000980. The molecule has 2 saturated heterocycles. The topological polar surface area (TPSA) is 110 Å². The molecule has 2 aliphatic rings. The van der Waals surface area contributed by atoms with E-state index in [0.717, 1.165) is 0 Å². The molecule has 0 unspecified atom stereocenters. The number of fused-ring (bicyclic) bond motifs is 3. The van der Waals surface area contributed by atoms with Crippen molar-refractivity contribution in [3.05, 3.63) is 0 Å². The SMILES string of the molecule is O.O=C1CC2CC(=O)[O][Al]([O]1)[O]C2=O. The number of carbonyl (C=O) groups is 3. The highest BCUT2D eigenvalue weighted by molar-refractivity contribution is 6.45. The molecule has 0 amide bonds. The van der Waals surface area contributed by atoms with Crippen LogP contribution in [0.2, 0.25) is 0 Å². The smallest absolute Gasteiger partial charge is 0.551 e. The van der Waals surface area contributed by atoms with Crippen molar-refractivity contribution in [1.29, 1.82) is 0 Å². The highest BCUT2D eigenvalue weighted by atomic mass is 27.3. The molecule has 0 aromatic rings. The van der Waals surface area contributed by atoms with Crippen LogP contribution in [-0.4, -0.2) is 38.5 Å². The monoisotopic (exact) mass is 218 g/mol. The number of carbonyl (C=O) groups excluding carboxylic acids is 3. The molecule has 0 radical (unpaired) electrons. The lowest BCUT2D eigenvalue weighted by Crippen LogP contribution is -2.30. The summed E-state index contributed by atoms with van der Waals surface area (Å²) in [7, 11) is 0. The molecule has 2 heterocycles.